The van der Waals surface area contributed by atoms with Crippen LogP contribution in [0.3, 0.4) is 0 Å². The van der Waals surface area contributed by atoms with Crippen LogP contribution in [0.1, 0.15) is 36.3 Å². The fraction of sp³-hybridized carbons (Fsp3) is 0.368. The molecule has 0 unspecified atom stereocenters. The van der Waals surface area contributed by atoms with E-state index in [-0.39, 0.29) is 11.4 Å². The zero-order valence-electron chi connectivity index (χ0n) is 14.7. The van der Waals surface area contributed by atoms with Crippen molar-refractivity contribution in [3.05, 3.63) is 59.3 Å². The lowest BCUT2D eigenvalue weighted by Crippen LogP contribution is -2.27. The first kappa shape index (κ1) is 20.7. The zero-order valence-corrected chi connectivity index (χ0v) is 14.7. The third kappa shape index (κ3) is 6.24. The second kappa shape index (κ2) is 9.35. The van der Waals surface area contributed by atoms with Gasteiger partial charge in [-0.3, -0.25) is 0 Å². The number of nitriles is 1. The minimum atomic E-state index is -4.63. The summed E-state index contributed by atoms with van der Waals surface area (Å²) >= 11 is 0. The lowest BCUT2D eigenvalue weighted by Gasteiger charge is -2.21. The van der Waals surface area contributed by atoms with Gasteiger partial charge in [0.1, 0.15) is 23.4 Å². The summed E-state index contributed by atoms with van der Waals surface area (Å²) in [6.45, 7) is 2.49. The normalized spacial score (nSPS) is 13.6. The van der Waals surface area contributed by atoms with Gasteiger partial charge in [-0.15, -0.1) is 0 Å². The molecule has 8 heteroatoms. The van der Waals surface area contributed by atoms with Crippen molar-refractivity contribution in [1.82, 2.24) is 10.3 Å². The maximum Gasteiger partial charge on any atom is 0.433 e. The largest absolute Gasteiger partial charge is 0.468 e. The molecule has 1 aromatic carbocycles. The Labute approximate surface area is 155 Å². The van der Waals surface area contributed by atoms with Gasteiger partial charge in [-0.05, 0) is 31.2 Å². The minimum Gasteiger partial charge on any atom is -0.468 e. The average Bonchev–Trinajstić information content (AvgIpc) is 2.63. The Morgan fingerprint density at radius 1 is 1.22 bits per heavy atom. The van der Waals surface area contributed by atoms with Gasteiger partial charge in [0, 0.05) is 13.0 Å². The number of aromatic nitrogens is 1. The lowest BCUT2D eigenvalue weighted by atomic mass is 10.1. The van der Waals surface area contributed by atoms with Gasteiger partial charge in [-0.2, -0.15) is 18.4 Å². The van der Waals surface area contributed by atoms with E-state index in [0.717, 1.165) is 17.7 Å². The van der Waals surface area contributed by atoms with E-state index in [1.807, 2.05) is 12.1 Å². The molecule has 0 radical (unpaired) electrons. The SMILES string of the molecule is C[C@H](O)CNCC[C@@H](Oc1nc(C(F)(F)F)ccc1C#N)c1ccccc1. The highest BCUT2D eigenvalue weighted by Crippen LogP contribution is 2.32. The number of nitrogens with one attached hydrogen (secondary N) is 1. The van der Waals surface area contributed by atoms with Crippen LogP contribution in [0.5, 0.6) is 5.88 Å². The van der Waals surface area contributed by atoms with Crippen molar-refractivity contribution in [1.29, 1.82) is 5.26 Å². The Kier molecular flexibility index (Phi) is 7.16. The Balaban J connectivity index is 2.25. The topological polar surface area (TPSA) is 78.2 Å². The summed E-state index contributed by atoms with van der Waals surface area (Å²) in [6.07, 6.45) is -5.33. The van der Waals surface area contributed by atoms with E-state index in [2.05, 4.69) is 10.3 Å². The van der Waals surface area contributed by atoms with Crippen LogP contribution >= 0.6 is 0 Å². The number of halogens is 3. The zero-order chi connectivity index (χ0) is 19.9. The summed E-state index contributed by atoms with van der Waals surface area (Å²) in [7, 11) is 0. The fourth-order valence-corrected chi connectivity index (χ4v) is 2.41. The van der Waals surface area contributed by atoms with Crippen molar-refractivity contribution in [2.45, 2.75) is 31.7 Å². The standard InChI is InChI=1S/C19H20F3N3O2/c1-13(26)12-24-10-9-16(14-5-3-2-4-6-14)27-18-15(11-23)7-8-17(25-18)19(20,21)22/h2-8,13,16,24,26H,9-10,12H2,1H3/t13-,16+/m0/s1. The molecule has 2 N–H and O–H groups in total. The summed E-state index contributed by atoms with van der Waals surface area (Å²) in [4.78, 5) is 3.51. The summed E-state index contributed by atoms with van der Waals surface area (Å²) in [5.74, 6) is -0.350. The predicted molar refractivity (Wildman–Crippen MR) is 92.9 cm³/mol. The van der Waals surface area contributed by atoms with Crippen LogP contribution in [-0.2, 0) is 6.18 Å². The van der Waals surface area contributed by atoms with Crippen LogP contribution in [0.25, 0.3) is 0 Å². The number of aliphatic hydroxyl groups is 1. The molecule has 5 nitrogen and oxygen atoms in total. The number of benzene rings is 1. The maximum atomic E-state index is 13.0. The van der Waals surface area contributed by atoms with E-state index in [1.165, 1.54) is 0 Å². The number of alkyl halides is 3. The predicted octanol–water partition coefficient (Wildman–Crippen LogP) is 3.45. The minimum absolute atomic E-state index is 0.0686. The molecule has 2 rings (SSSR count). The van der Waals surface area contributed by atoms with E-state index in [0.29, 0.717) is 19.5 Å². The van der Waals surface area contributed by atoms with Crippen molar-refractivity contribution >= 4 is 0 Å². The quantitative estimate of drug-likeness (QED) is 0.687. The molecule has 0 spiro atoms. The second-order valence-corrected chi connectivity index (χ2v) is 6.02. The highest BCUT2D eigenvalue weighted by Gasteiger charge is 2.33. The van der Waals surface area contributed by atoms with E-state index in [9.17, 15) is 23.5 Å². The molecule has 0 aliphatic carbocycles. The first-order valence-corrected chi connectivity index (χ1v) is 8.40. The van der Waals surface area contributed by atoms with Crippen molar-refractivity contribution in [2.75, 3.05) is 13.1 Å². The number of rotatable bonds is 8. The van der Waals surface area contributed by atoms with Gasteiger partial charge in [0.05, 0.1) is 6.10 Å². The van der Waals surface area contributed by atoms with Crippen LogP contribution in [0.15, 0.2) is 42.5 Å². The number of aliphatic hydroxyl groups excluding tert-OH is 1. The molecule has 27 heavy (non-hydrogen) atoms. The highest BCUT2D eigenvalue weighted by molar-refractivity contribution is 5.39. The third-order valence-electron chi connectivity index (χ3n) is 3.72. The van der Waals surface area contributed by atoms with Gasteiger partial charge in [-0.1, -0.05) is 30.3 Å². The Morgan fingerprint density at radius 2 is 1.93 bits per heavy atom. The molecule has 0 saturated carbocycles. The molecule has 0 bridgehead atoms. The van der Waals surface area contributed by atoms with Gasteiger partial charge >= 0.3 is 6.18 Å². The summed E-state index contributed by atoms with van der Waals surface area (Å²) in [6, 6.07) is 12.6. The molecular formula is C19H20F3N3O2. The van der Waals surface area contributed by atoms with Crippen molar-refractivity contribution in [3.8, 4) is 11.9 Å². The average molecular weight is 379 g/mol. The summed E-state index contributed by atoms with van der Waals surface area (Å²) < 4.78 is 44.6. The monoisotopic (exact) mass is 379 g/mol. The third-order valence-corrected chi connectivity index (χ3v) is 3.72. The van der Waals surface area contributed by atoms with Gasteiger partial charge in [0.15, 0.2) is 0 Å². The van der Waals surface area contributed by atoms with Crippen LogP contribution < -0.4 is 10.1 Å². The number of nitrogens with zero attached hydrogens (tertiary/aromatic N) is 2. The first-order chi connectivity index (χ1) is 12.8. The van der Waals surface area contributed by atoms with Gasteiger partial charge in [-0.25, -0.2) is 4.98 Å². The molecule has 1 aromatic heterocycles. The number of hydrogen-bond donors (Lipinski definition) is 2. The lowest BCUT2D eigenvalue weighted by molar-refractivity contribution is -0.141. The molecule has 0 aliphatic heterocycles. The van der Waals surface area contributed by atoms with Gasteiger partial charge < -0.3 is 15.2 Å². The fourth-order valence-electron chi connectivity index (χ4n) is 2.41. The molecular weight excluding hydrogens is 359 g/mol. The Morgan fingerprint density at radius 3 is 2.52 bits per heavy atom. The van der Waals surface area contributed by atoms with Crippen LogP contribution in [-0.4, -0.2) is 29.3 Å². The second-order valence-electron chi connectivity index (χ2n) is 6.02. The van der Waals surface area contributed by atoms with Crippen LogP contribution in [0.2, 0.25) is 0 Å². The molecule has 144 valence electrons. The number of ether oxygens (including phenoxy) is 1. The van der Waals surface area contributed by atoms with Gasteiger partial charge in [0.2, 0.25) is 5.88 Å². The smallest absolute Gasteiger partial charge is 0.433 e. The summed E-state index contributed by atoms with van der Waals surface area (Å²) in [5, 5.41) is 21.5. The van der Waals surface area contributed by atoms with E-state index in [1.54, 1.807) is 31.2 Å². The van der Waals surface area contributed by atoms with E-state index in [4.69, 9.17) is 4.74 Å². The summed E-state index contributed by atoms with van der Waals surface area (Å²) in [5.41, 5.74) is -0.434. The number of hydrogen-bond acceptors (Lipinski definition) is 5. The first-order valence-electron chi connectivity index (χ1n) is 8.40. The molecule has 0 amide bonds. The Hall–Kier alpha value is -2.63. The highest BCUT2D eigenvalue weighted by atomic mass is 19.4. The van der Waals surface area contributed by atoms with Gasteiger partial charge in [0.25, 0.3) is 0 Å². The number of pyridine rings is 1. The molecule has 0 aliphatic rings. The molecule has 1 heterocycles. The maximum absolute atomic E-state index is 13.0. The van der Waals surface area contributed by atoms with Crippen molar-refractivity contribution in [3.63, 3.8) is 0 Å². The molecule has 2 atom stereocenters. The van der Waals surface area contributed by atoms with Crippen LogP contribution in [0, 0.1) is 11.3 Å². The Bertz CT molecular complexity index is 774. The molecule has 0 saturated heterocycles. The molecule has 2 aromatic rings. The molecule has 0 fully saturated rings. The van der Waals surface area contributed by atoms with E-state index >= 15 is 0 Å². The van der Waals surface area contributed by atoms with Crippen molar-refractivity contribution in [2.24, 2.45) is 0 Å². The van der Waals surface area contributed by atoms with Crippen molar-refractivity contribution < 1.29 is 23.0 Å². The van der Waals surface area contributed by atoms with E-state index < -0.39 is 24.1 Å². The van der Waals surface area contributed by atoms with Crippen LogP contribution in [0.4, 0.5) is 13.2 Å².